The second-order valence-corrected chi connectivity index (χ2v) is 6.18. The number of nitrogens with zero attached hydrogens (tertiary/aromatic N) is 2. The standard InChI is InChI=1S/C19H19N3O5/c23-12-14-3-8-18(17(11-14)22(25)26)27-13-19(24)20-15-4-6-16(7-5-15)21-9-1-2-10-21/h3-8,11-12H,1-2,9-10,13H2,(H,20,24). The molecule has 8 heteroatoms. The first-order chi connectivity index (χ1) is 13.1. The fraction of sp³-hybridized carbons (Fsp3) is 0.263. The molecule has 1 fully saturated rings. The number of ether oxygens (including phenoxy) is 1. The molecule has 3 rings (SSSR count). The first-order valence-electron chi connectivity index (χ1n) is 8.58. The number of amides is 1. The van der Waals surface area contributed by atoms with Gasteiger partial charge in [-0.05, 0) is 49.2 Å². The van der Waals surface area contributed by atoms with Gasteiger partial charge < -0.3 is 15.0 Å². The van der Waals surface area contributed by atoms with Gasteiger partial charge in [-0.25, -0.2) is 0 Å². The van der Waals surface area contributed by atoms with E-state index < -0.39 is 10.8 Å². The summed E-state index contributed by atoms with van der Waals surface area (Å²) in [5.74, 6) is -0.497. The third-order valence-electron chi connectivity index (χ3n) is 4.30. The molecule has 0 unspecified atom stereocenters. The molecule has 0 saturated carbocycles. The van der Waals surface area contributed by atoms with Gasteiger partial charge >= 0.3 is 5.69 Å². The minimum atomic E-state index is -0.655. The minimum absolute atomic E-state index is 0.0647. The van der Waals surface area contributed by atoms with Crippen LogP contribution in [0.4, 0.5) is 17.1 Å². The van der Waals surface area contributed by atoms with Crippen molar-refractivity contribution in [2.45, 2.75) is 12.8 Å². The molecule has 0 bridgehead atoms. The van der Waals surface area contributed by atoms with Crippen LogP contribution in [0.3, 0.4) is 0 Å². The molecule has 8 nitrogen and oxygen atoms in total. The number of anilines is 2. The van der Waals surface area contributed by atoms with E-state index in [1.165, 1.54) is 25.0 Å². The van der Waals surface area contributed by atoms with Crippen LogP contribution in [-0.2, 0) is 4.79 Å². The summed E-state index contributed by atoms with van der Waals surface area (Å²) in [5.41, 5.74) is 1.55. The van der Waals surface area contributed by atoms with Crippen LogP contribution >= 0.6 is 0 Å². The molecule has 0 aliphatic carbocycles. The number of hydrogen-bond acceptors (Lipinski definition) is 6. The van der Waals surface area contributed by atoms with Crippen LogP contribution in [0.15, 0.2) is 42.5 Å². The molecule has 1 N–H and O–H groups in total. The molecule has 2 aromatic rings. The van der Waals surface area contributed by atoms with E-state index in [1.807, 2.05) is 24.3 Å². The van der Waals surface area contributed by atoms with Crippen molar-refractivity contribution in [1.82, 2.24) is 0 Å². The maximum absolute atomic E-state index is 12.1. The molecule has 0 aromatic heterocycles. The smallest absolute Gasteiger partial charge is 0.311 e. The molecule has 0 atom stereocenters. The second kappa shape index (κ2) is 8.31. The Balaban J connectivity index is 1.58. The average molecular weight is 369 g/mol. The molecule has 1 aliphatic heterocycles. The van der Waals surface area contributed by atoms with E-state index in [4.69, 9.17) is 4.74 Å². The van der Waals surface area contributed by atoms with Gasteiger partial charge in [-0.15, -0.1) is 0 Å². The molecular formula is C19H19N3O5. The Bertz CT molecular complexity index is 845. The number of nitrogens with one attached hydrogen (secondary N) is 1. The topological polar surface area (TPSA) is 102 Å². The summed E-state index contributed by atoms with van der Waals surface area (Å²) in [5, 5.41) is 13.8. The minimum Gasteiger partial charge on any atom is -0.477 e. The lowest BCUT2D eigenvalue weighted by Gasteiger charge is -2.17. The van der Waals surface area contributed by atoms with Crippen molar-refractivity contribution in [3.63, 3.8) is 0 Å². The Hall–Kier alpha value is -3.42. The summed E-state index contributed by atoms with van der Waals surface area (Å²) in [6.45, 7) is 1.71. The monoisotopic (exact) mass is 369 g/mol. The van der Waals surface area contributed by atoms with Crippen molar-refractivity contribution in [2.24, 2.45) is 0 Å². The summed E-state index contributed by atoms with van der Waals surface area (Å²) < 4.78 is 5.26. The van der Waals surface area contributed by atoms with Gasteiger partial charge in [0.2, 0.25) is 0 Å². The van der Waals surface area contributed by atoms with E-state index >= 15 is 0 Å². The van der Waals surface area contributed by atoms with Crippen molar-refractivity contribution < 1.29 is 19.2 Å². The maximum Gasteiger partial charge on any atom is 0.311 e. The molecule has 27 heavy (non-hydrogen) atoms. The van der Waals surface area contributed by atoms with Crippen LogP contribution in [0, 0.1) is 10.1 Å². The maximum atomic E-state index is 12.1. The number of benzene rings is 2. The molecule has 1 saturated heterocycles. The zero-order valence-corrected chi connectivity index (χ0v) is 14.6. The number of nitro groups is 1. The van der Waals surface area contributed by atoms with Crippen LogP contribution < -0.4 is 15.0 Å². The highest BCUT2D eigenvalue weighted by Gasteiger charge is 2.17. The van der Waals surface area contributed by atoms with Gasteiger partial charge in [-0.3, -0.25) is 19.7 Å². The second-order valence-electron chi connectivity index (χ2n) is 6.18. The van der Waals surface area contributed by atoms with Crippen molar-refractivity contribution in [1.29, 1.82) is 0 Å². The third-order valence-corrected chi connectivity index (χ3v) is 4.30. The number of rotatable bonds is 7. The quantitative estimate of drug-likeness (QED) is 0.457. The number of carbonyl (C=O) groups excluding carboxylic acids is 2. The molecule has 0 radical (unpaired) electrons. The third kappa shape index (κ3) is 4.60. The summed E-state index contributed by atoms with van der Waals surface area (Å²) >= 11 is 0. The van der Waals surface area contributed by atoms with Gasteiger partial charge in [-0.1, -0.05) is 0 Å². The van der Waals surface area contributed by atoms with Gasteiger partial charge in [0.05, 0.1) is 4.92 Å². The van der Waals surface area contributed by atoms with Gasteiger partial charge in [0.15, 0.2) is 12.4 Å². The van der Waals surface area contributed by atoms with E-state index in [1.54, 1.807) is 0 Å². The van der Waals surface area contributed by atoms with Crippen LogP contribution in [0.25, 0.3) is 0 Å². The molecule has 140 valence electrons. The predicted molar refractivity (Wildman–Crippen MR) is 100 cm³/mol. The van der Waals surface area contributed by atoms with Crippen molar-refractivity contribution >= 4 is 29.3 Å². The fourth-order valence-electron chi connectivity index (χ4n) is 2.94. The summed E-state index contributed by atoms with van der Waals surface area (Å²) in [4.78, 5) is 35.5. The summed E-state index contributed by atoms with van der Waals surface area (Å²) in [7, 11) is 0. The highest BCUT2D eigenvalue weighted by atomic mass is 16.6. The van der Waals surface area contributed by atoms with E-state index in [0.717, 1.165) is 24.8 Å². The van der Waals surface area contributed by atoms with Crippen LogP contribution in [-0.4, -0.2) is 36.8 Å². The normalized spacial score (nSPS) is 13.3. The average Bonchev–Trinajstić information content (AvgIpc) is 3.21. The van der Waals surface area contributed by atoms with Crippen molar-refractivity contribution in [2.75, 3.05) is 29.9 Å². The SMILES string of the molecule is O=Cc1ccc(OCC(=O)Nc2ccc(N3CCCC3)cc2)c([N+](=O)[O-])c1. The van der Waals surface area contributed by atoms with Crippen molar-refractivity contribution in [3.8, 4) is 5.75 Å². The van der Waals surface area contributed by atoms with Crippen LogP contribution in [0.5, 0.6) is 5.75 Å². The fourth-order valence-corrected chi connectivity index (χ4v) is 2.94. The lowest BCUT2D eigenvalue weighted by Crippen LogP contribution is -2.21. The van der Waals surface area contributed by atoms with Crippen LogP contribution in [0.1, 0.15) is 23.2 Å². The molecule has 1 amide bonds. The number of carbonyl (C=O) groups is 2. The Kier molecular flexibility index (Phi) is 5.65. The Morgan fingerprint density at radius 1 is 1.19 bits per heavy atom. The first kappa shape index (κ1) is 18.4. The molecular weight excluding hydrogens is 350 g/mol. The highest BCUT2D eigenvalue weighted by molar-refractivity contribution is 5.92. The van der Waals surface area contributed by atoms with E-state index in [9.17, 15) is 19.7 Å². The lowest BCUT2D eigenvalue weighted by molar-refractivity contribution is -0.385. The van der Waals surface area contributed by atoms with Crippen LogP contribution in [0.2, 0.25) is 0 Å². The zero-order valence-electron chi connectivity index (χ0n) is 14.6. The van der Waals surface area contributed by atoms with Gasteiger partial charge in [0, 0.05) is 36.1 Å². The molecule has 0 spiro atoms. The molecule has 1 heterocycles. The predicted octanol–water partition coefficient (Wildman–Crippen LogP) is 3.03. The zero-order chi connectivity index (χ0) is 19.2. The Morgan fingerprint density at radius 3 is 2.52 bits per heavy atom. The number of hydrogen-bond donors (Lipinski definition) is 1. The van der Waals surface area contributed by atoms with E-state index in [2.05, 4.69) is 10.2 Å². The van der Waals surface area contributed by atoms with E-state index in [0.29, 0.717) is 12.0 Å². The Labute approximate surface area is 155 Å². The van der Waals surface area contributed by atoms with Gasteiger partial charge in [-0.2, -0.15) is 0 Å². The first-order valence-corrected chi connectivity index (χ1v) is 8.58. The summed E-state index contributed by atoms with van der Waals surface area (Å²) in [6.07, 6.45) is 2.89. The Morgan fingerprint density at radius 2 is 1.89 bits per heavy atom. The van der Waals surface area contributed by atoms with Crippen molar-refractivity contribution in [3.05, 3.63) is 58.1 Å². The number of aldehydes is 1. The number of nitro benzene ring substituents is 1. The van der Waals surface area contributed by atoms with Gasteiger partial charge in [0.25, 0.3) is 5.91 Å². The highest BCUT2D eigenvalue weighted by Crippen LogP contribution is 2.27. The van der Waals surface area contributed by atoms with Gasteiger partial charge in [0.1, 0.15) is 6.29 Å². The molecule has 2 aromatic carbocycles. The lowest BCUT2D eigenvalue weighted by atomic mass is 10.2. The largest absolute Gasteiger partial charge is 0.477 e. The van der Waals surface area contributed by atoms with E-state index in [-0.39, 0.29) is 23.6 Å². The summed E-state index contributed by atoms with van der Waals surface area (Å²) in [6, 6.07) is 11.3. The molecule has 1 aliphatic rings.